The minimum Gasteiger partial charge on any atom is -0.435 e. The monoisotopic (exact) mass is 416 g/mol. The van der Waals surface area contributed by atoms with Crippen molar-refractivity contribution in [3.05, 3.63) is 64.7 Å². The number of rotatable bonds is 6. The Bertz CT molecular complexity index is 1190. The third kappa shape index (κ3) is 4.27. The molecule has 0 spiro atoms. The van der Waals surface area contributed by atoms with Gasteiger partial charge in [0.2, 0.25) is 5.89 Å². The molecular weight excluding hydrogens is 402 g/mol. The second kappa shape index (κ2) is 8.00. The molecule has 0 fully saturated rings. The first-order valence-corrected chi connectivity index (χ1v) is 9.42. The van der Waals surface area contributed by atoms with Gasteiger partial charge < -0.3 is 14.1 Å². The van der Waals surface area contributed by atoms with Crippen molar-refractivity contribution in [1.29, 1.82) is 0 Å². The van der Waals surface area contributed by atoms with Gasteiger partial charge in [-0.15, -0.1) is 10.2 Å². The average molecular weight is 416 g/mol. The summed E-state index contributed by atoms with van der Waals surface area (Å²) in [5, 5.41) is 8.52. The topological polar surface area (TPSA) is 93.9 Å². The molecule has 0 aliphatic carbocycles. The normalized spacial score (nSPS) is 12.4. The number of nitrogens with one attached hydrogen (secondary N) is 1. The molecule has 2 aromatic carbocycles. The first-order chi connectivity index (χ1) is 14.0. The first-order valence-electron chi connectivity index (χ1n) is 8.54. The van der Waals surface area contributed by atoms with Crippen LogP contribution >= 0.6 is 11.8 Å². The summed E-state index contributed by atoms with van der Waals surface area (Å²) in [6.07, 6.45) is 0. The Morgan fingerprint density at radius 3 is 2.62 bits per heavy atom. The number of H-pyrrole nitrogens is 1. The molecule has 0 aliphatic heterocycles. The van der Waals surface area contributed by atoms with Crippen LogP contribution in [0, 0.1) is 0 Å². The highest BCUT2D eigenvalue weighted by Gasteiger charge is 2.17. The van der Waals surface area contributed by atoms with Crippen LogP contribution in [0.4, 0.5) is 8.78 Å². The Hall–Kier alpha value is -3.27. The van der Waals surface area contributed by atoms with Gasteiger partial charge in [-0.05, 0) is 43.3 Å². The van der Waals surface area contributed by atoms with E-state index in [9.17, 15) is 13.6 Å². The van der Waals surface area contributed by atoms with Crippen LogP contribution in [0.3, 0.4) is 0 Å². The van der Waals surface area contributed by atoms with Crippen molar-refractivity contribution in [2.24, 2.45) is 0 Å². The van der Waals surface area contributed by atoms with Crippen LogP contribution in [-0.2, 0) is 0 Å². The summed E-state index contributed by atoms with van der Waals surface area (Å²) in [6.45, 7) is -1.03. The van der Waals surface area contributed by atoms with Gasteiger partial charge in [-0.25, -0.2) is 4.98 Å². The zero-order valence-electron chi connectivity index (χ0n) is 15.0. The van der Waals surface area contributed by atoms with Gasteiger partial charge in [0.05, 0.1) is 16.2 Å². The van der Waals surface area contributed by atoms with E-state index >= 15 is 0 Å². The minimum absolute atomic E-state index is 0.0396. The maximum absolute atomic E-state index is 12.2. The van der Waals surface area contributed by atoms with Crippen LogP contribution in [0.2, 0.25) is 0 Å². The lowest BCUT2D eigenvalue weighted by atomic mass is 10.2. The molecule has 2 aromatic heterocycles. The maximum Gasteiger partial charge on any atom is 0.387 e. The van der Waals surface area contributed by atoms with E-state index in [1.807, 2.05) is 13.0 Å². The van der Waals surface area contributed by atoms with Gasteiger partial charge in [-0.2, -0.15) is 8.78 Å². The Morgan fingerprint density at radius 2 is 1.86 bits per heavy atom. The minimum atomic E-state index is -2.89. The molecular formula is C19H14F2N4O3S. The van der Waals surface area contributed by atoms with Crippen LogP contribution in [0.5, 0.6) is 5.75 Å². The predicted molar refractivity (Wildman–Crippen MR) is 103 cm³/mol. The SMILES string of the molecule is CC(Sc1nnc(-c2ccc(OC(F)F)cc2)o1)c1nc2ccccc2c(=O)[nH]1. The highest BCUT2D eigenvalue weighted by molar-refractivity contribution is 7.99. The highest BCUT2D eigenvalue weighted by atomic mass is 32.2. The van der Waals surface area contributed by atoms with Crippen molar-refractivity contribution in [1.82, 2.24) is 20.2 Å². The fourth-order valence-corrected chi connectivity index (χ4v) is 3.40. The fraction of sp³-hybridized carbons (Fsp3) is 0.158. The van der Waals surface area contributed by atoms with Crippen molar-refractivity contribution >= 4 is 22.7 Å². The summed E-state index contributed by atoms with van der Waals surface area (Å²) >= 11 is 1.24. The van der Waals surface area contributed by atoms with E-state index in [0.717, 1.165) is 0 Å². The molecule has 7 nitrogen and oxygen atoms in total. The van der Waals surface area contributed by atoms with Crippen LogP contribution in [0.15, 0.2) is 63.0 Å². The van der Waals surface area contributed by atoms with E-state index in [1.165, 1.54) is 23.9 Å². The number of fused-ring (bicyclic) bond motifs is 1. The molecule has 4 rings (SSSR count). The summed E-state index contributed by atoms with van der Waals surface area (Å²) in [6, 6.07) is 13.0. The molecule has 2 heterocycles. The zero-order chi connectivity index (χ0) is 20.4. The van der Waals surface area contributed by atoms with E-state index in [0.29, 0.717) is 22.3 Å². The Labute approximate surface area is 167 Å². The number of benzene rings is 2. The van der Waals surface area contributed by atoms with Gasteiger partial charge in [0.1, 0.15) is 11.6 Å². The van der Waals surface area contributed by atoms with Crippen LogP contribution in [-0.4, -0.2) is 26.8 Å². The summed E-state index contributed by atoms with van der Waals surface area (Å²) in [5.74, 6) is 0.771. The van der Waals surface area contributed by atoms with Crippen molar-refractivity contribution in [3.8, 4) is 17.2 Å². The molecule has 29 heavy (non-hydrogen) atoms. The van der Waals surface area contributed by atoms with Crippen molar-refractivity contribution < 1.29 is 17.9 Å². The van der Waals surface area contributed by atoms with Crippen molar-refractivity contribution in [3.63, 3.8) is 0 Å². The summed E-state index contributed by atoms with van der Waals surface area (Å²) in [4.78, 5) is 19.5. The molecule has 4 aromatic rings. The summed E-state index contributed by atoms with van der Waals surface area (Å²) in [7, 11) is 0. The number of hydrogen-bond donors (Lipinski definition) is 1. The van der Waals surface area contributed by atoms with Crippen LogP contribution in [0.25, 0.3) is 22.4 Å². The smallest absolute Gasteiger partial charge is 0.387 e. The number of aromatic nitrogens is 4. The van der Waals surface area contributed by atoms with Gasteiger partial charge in [0.15, 0.2) is 0 Å². The van der Waals surface area contributed by atoms with Gasteiger partial charge >= 0.3 is 6.61 Å². The third-order valence-electron chi connectivity index (χ3n) is 4.03. The highest BCUT2D eigenvalue weighted by Crippen LogP contribution is 2.34. The molecule has 0 amide bonds. The number of ether oxygens (including phenoxy) is 1. The Kier molecular flexibility index (Phi) is 5.26. The van der Waals surface area contributed by atoms with E-state index in [2.05, 4.69) is 24.9 Å². The fourth-order valence-electron chi connectivity index (χ4n) is 2.66. The average Bonchev–Trinajstić information content (AvgIpc) is 3.16. The van der Waals surface area contributed by atoms with Crippen molar-refractivity contribution in [2.75, 3.05) is 0 Å². The molecule has 0 saturated heterocycles. The van der Waals surface area contributed by atoms with Gasteiger partial charge in [-0.1, -0.05) is 23.9 Å². The lowest BCUT2D eigenvalue weighted by molar-refractivity contribution is -0.0498. The largest absolute Gasteiger partial charge is 0.435 e. The molecule has 0 aliphatic rings. The van der Waals surface area contributed by atoms with E-state index in [4.69, 9.17) is 4.42 Å². The second-order valence-electron chi connectivity index (χ2n) is 6.00. The molecule has 1 unspecified atom stereocenters. The molecule has 10 heteroatoms. The quantitative estimate of drug-likeness (QED) is 0.465. The second-order valence-corrected chi connectivity index (χ2v) is 7.30. The number of nitrogens with zero attached hydrogens (tertiary/aromatic N) is 3. The number of halogens is 2. The standard InChI is InChI=1S/C19H14F2N4O3S/c1-10(15-22-14-5-3-2-4-13(14)16(26)23-15)29-19-25-24-17(28-19)11-6-8-12(9-7-11)27-18(20)21/h2-10,18H,1H3,(H,22,23,26). The summed E-state index contributed by atoms with van der Waals surface area (Å²) < 4.78 is 34.4. The lowest BCUT2D eigenvalue weighted by Gasteiger charge is -2.08. The molecule has 0 bridgehead atoms. The molecule has 0 radical (unpaired) electrons. The van der Waals surface area contributed by atoms with Gasteiger partial charge in [0.25, 0.3) is 10.8 Å². The van der Waals surface area contributed by atoms with Gasteiger partial charge in [0, 0.05) is 5.56 Å². The van der Waals surface area contributed by atoms with E-state index in [1.54, 1.807) is 30.3 Å². The lowest BCUT2D eigenvalue weighted by Crippen LogP contribution is -2.12. The van der Waals surface area contributed by atoms with Crippen LogP contribution < -0.4 is 10.3 Å². The zero-order valence-corrected chi connectivity index (χ0v) is 15.8. The first kappa shape index (κ1) is 19.1. The maximum atomic E-state index is 12.2. The molecule has 148 valence electrons. The van der Waals surface area contributed by atoms with Gasteiger partial charge in [-0.3, -0.25) is 4.79 Å². The number of hydrogen-bond acceptors (Lipinski definition) is 7. The summed E-state index contributed by atoms with van der Waals surface area (Å²) in [5.41, 5.74) is 0.960. The van der Waals surface area contributed by atoms with Crippen molar-refractivity contribution in [2.45, 2.75) is 24.0 Å². The Balaban J connectivity index is 1.51. The Morgan fingerprint density at radius 1 is 1.10 bits per heavy atom. The molecule has 1 atom stereocenters. The molecule has 1 N–H and O–H groups in total. The van der Waals surface area contributed by atoms with E-state index < -0.39 is 6.61 Å². The third-order valence-corrected chi connectivity index (χ3v) is 4.97. The number of para-hydroxylation sites is 1. The molecule has 0 saturated carbocycles. The van der Waals surface area contributed by atoms with Crippen LogP contribution in [0.1, 0.15) is 18.0 Å². The van der Waals surface area contributed by atoms with E-state index in [-0.39, 0.29) is 27.7 Å². The predicted octanol–water partition coefficient (Wildman–Crippen LogP) is 4.43. The number of alkyl halides is 2. The number of aromatic amines is 1. The number of thioether (sulfide) groups is 1.